The Labute approximate surface area is 142 Å². The van der Waals surface area contributed by atoms with Gasteiger partial charge < -0.3 is 11.1 Å². The van der Waals surface area contributed by atoms with Crippen LogP contribution in [0.2, 0.25) is 0 Å². The van der Waals surface area contributed by atoms with E-state index in [1.54, 1.807) is 6.07 Å². The summed E-state index contributed by atoms with van der Waals surface area (Å²) >= 11 is 1.21. The number of carbonyl (C=O) groups excluding carboxylic acids is 1. The van der Waals surface area contributed by atoms with Crippen LogP contribution in [0, 0.1) is 25.2 Å². The number of benzene rings is 1. The standard InChI is InChI=1S/C17H15N5OS/c1-8-3-4-12(9(2)5-8)21-16(23)14-13(19)11-6-10(7-18)15(20)22-17(11)24-14/h3-6H,19H2,1-2H3,(H2,20,22)(H,21,23)/p+1. The van der Waals surface area contributed by atoms with Crippen LogP contribution in [0.1, 0.15) is 26.4 Å². The highest BCUT2D eigenvalue weighted by Gasteiger charge is 2.21. The molecule has 7 heteroatoms. The van der Waals surface area contributed by atoms with Gasteiger partial charge in [-0.25, -0.2) is 4.98 Å². The molecule has 2 heterocycles. The second-order valence-corrected chi connectivity index (χ2v) is 6.59. The molecule has 0 aliphatic rings. The van der Waals surface area contributed by atoms with Crippen molar-refractivity contribution < 1.29 is 9.78 Å². The topological polar surface area (TPSA) is 119 Å². The van der Waals surface area contributed by atoms with Crippen LogP contribution < -0.4 is 21.8 Å². The zero-order valence-electron chi connectivity index (χ0n) is 13.2. The van der Waals surface area contributed by atoms with E-state index in [2.05, 4.69) is 10.3 Å². The molecule has 24 heavy (non-hydrogen) atoms. The summed E-state index contributed by atoms with van der Waals surface area (Å²) in [7, 11) is 0. The molecule has 0 fully saturated rings. The third-order valence-electron chi connectivity index (χ3n) is 3.77. The number of carbonyl (C=O) groups is 1. The molecule has 0 bridgehead atoms. The van der Waals surface area contributed by atoms with Gasteiger partial charge in [-0.05, 0) is 31.5 Å². The van der Waals surface area contributed by atoms with Gasteiger partial charge in [-0.3, -0.25) is 10.5 Å². The van der Waals surface area contributed by atoms with Crippen LogP contribution in [0.5, 0.6) is 0 Å². The minimum absolute atomic E-state index is 0.257. The summed E-state index contributed by atoms with van der Waals surface area (Å²) in [4.78, 5) is 16.6. The highest BCUT2D eigenvalue weighted by Crippen LogP contribution is 2.33. The van der Waals surface area contributed by atoms with E-state index in [0.29, 0.717) is 26.3 Å². The number of thiophene rings is 1. The Kier molecular flexibility index (Phi) is 3.83. The van der Waals surface area contributed by atoms with Crippen molar-refractivity contribution in [3.05, 3.63) is 45.8 Å². The fourth-order valence-electron chi connectivity index (χ4n) is 2.50. The van der Waals surface area contributed by atoms with Crippen molar-refractivity contribution in [2.45, 2.75) is 13.8 Å². The lowest BCUT2D eigenvalue weighted by molar-refractivity contribution is -0.323. The Morgan fingerprint density at radius 2 is 2.04 bits per heavy atom. The summed E-state index contributed by atoms with van der Waals surface area (Å²) in [6.45, 7) is 3.93. The predicted molar refractivity (Wildman–Crippen MR) is 95.8 cm³/mol. The van der Waals surface area contributed by atoms with Crippen LogP contribution in [0.4, 0.5) is 17.2 Å². The van der Waals surface area contributed by atoms with Gasteiger partial charge in [0.05, 0.1) is 11.1 Å². The minimum atomic E-state index is -0.286. The van der Waals surface area contributed by atoms with Crippen molar-refractivity contribution in [3.8, 4) is 6.07 Å². The van der Waals surface area contributed by atoms with Crippen molar-refractivity contribution in [3.63, 3.8) is 0 Å². The number of nitrogens with two attached hydrogens (primary N) is 2. The van der Waals surface area contributed by atoms with Gasteiger partial charge in [0.15, 0.2) is 4.83 Å². The number of nitrogens with zero attached hydrogens (tertiary/aromatic N) is 1. The molecule has 1 amide bonds. The predicted octanol–water partition coefficient (Wildman–Crippen LogP) is 2.62. The lowest BCUT2D eigenvalue weighted by atomic mass is 10.1. The maximum absolute atomic E-state index is 12.6. The number of aryl methyl sites for hydroxylation is 2. The maximum Gasteiger partial charge on any atom is 0.289 e. The first-order chi connectivity index (χ1) is 11.4. The Bertz CT molecular complexity index is 1020. The smallest absolute Gasteiger partial charge is 0.289 e. The number of nitrogens with one attached hydrogen (secondary N) is 2. The zero-order chi connectivity index (χ0) is 17.4. The highest BCUT2D eigenvalue weighted by atomic mass is 32.1. The van der Waals surface area contributed by atoms with E-state index >= 15 is 0 Å². The molecule has 2 aromatic heterocycles. The number of nitriles is 1. The van der Waals surface area contributed by atoms with Gasteiger partial charge in [-0.15, -0.1) is 0 Å². The molecular formula is C17H16N5OS+. The third kappa shape index (κ3) is 2.64. The Morgan fingerprint density at radius 3 is 2.71 bits per heavy atom. The quantitative estimate of drug-likeness (QED) is 0.665. The first-order valence-electron chi connectivity index (χ1n) is 7.23. The fraction of sp³-hybridized carbons (Fsp3) is 0.118. The zero-order valence-corrected chi connectivity index (χ0v) is 14.0. The fourth-order valence-corrected chi connectivity index (χ4v) is 3.51. The molecule has 120 valence electrons. The number of fused-ring (bicyclic) bond motifs is 1. The van der Waals surface area contributed by atoms with Crippen LogP contribution in [0.3, 0.4) is 0 Å². The number of hydrogen-bond donors (Lipinski definition) is 3. The molecule has 0 aliphatic heterocycles. The van der Waals surface area contributed by atoms with Gasteiger partial charge >= 0.3 is 0 Å². The summed E-state index contributed by atoms with van der Waals surface area (Å²) in [5.41, 5.74) is 15.4. The van der Waals surface area contributed by atoms with Gasteiger partial charge in [-0.2, -0.15) is 5.26 Å². The second kappa shape index (κ2) is 5.83. The number of pyridine rings is 1. The largest absolute Gasteiger partial charge is 0.397 e. The maximum atomic E-state index is 12.6. The number of aromatic nitrogens is 1. The lowest BCUT2D eigenvalue weighted by Gasteiger charge is -2.08. The number of amides is 1. The van der Waals surface area contributed by atoms with Crippen molar-refractivity contribution >= 4 is 44.7 Å². The van der Waals surface area contributed by atoms with E-state index in [4.69, 9.17) is 16.7 Å². The number of nitrogen functional groups attached to an aromatic ring is 2. The van der Waals surface area contributed by atoms with Gasteiger partial charge in [-0.1, -0.05) is 29.0 Å². The number of aromatic amines is 1. The van der Waals surface area contributed by atoms with Gasteiger partial charge in [0.25, 0.3) is 11.7 Å². The average Bonchev–Trinajstić information content (AvgIpc) is 2.85. The van der Waals surface area contributed by atoms with Crippen LogP contribution in [0.15, 0.2) is 24.3 Å². The van der Waals surface area contributed by atoms with E-state index in [9.17, 15) is 4.79 Å². The van der Waals surface area contributed by atoms with Crippen molar-refractivity contribution in [1.82, 2.24) is 0 Å². The summed E-state index contributed by atoms with van der Waals surface area (Å²) in [5.74, 6) is -0.0290. The summed E-state index contributed by atoms with van der Waals surface area (Å²) < 4.78 is 0. The third-order valence-corrected chi connectivity index (χ3v) is 4.90. The molecule has 0 unspecified atom stereocenters. The van der Waals surface area contributed by atoms with E-state index in [-0.39, 0.29) is 11.7 Å². The second-order valence-electron chi connectivity index (χ2n) is 5.57. The lowest BCUT2D eigenvalue weighted by Crippen LogP contribution is -2.12. The van der Waals surface area contributed by atoms with Gasteiger partial charge in [0, 0.05) is 5.69 Å². The molecule has 0 atom stereocenters. The van der Waals surface area contributed by atoms with E-state index < -0.39 is 0 Å². The molecule has 3 aromatic rings. The normalized spacial score (nSPS) is 10.5. The van der Waals surface area contributed by atoms with Gasteiger partial charge in [0.2, 0.25) is 0 Å². The van der Waals surface area contributed by atoms with Gasteiger partial charge in [0.1, 0.15) is 16.5 Å². The van der Waals surface area contributed by atoms with Crippen LogP contribution in [-0.4, -0.2) is 5.91 Å². The monoisotopic (exact) mass is 338 g/mol. The van der Waals surface area contributed by atoms with Crippen molar-refractivity contribution in [1.29, 1.82) is 5.26 Å². The van der Waals surface area contributed by atoms with Crippen LogP contribution >= 0.6 is 11.3 Å². The first-order valence-corrected chi connectivity index (χ1v) is 8.05. The van der Waals surface area contributed by atoms with E-state index in [1.807, 2.05) is 38.1 Å². The van der Waals surface area contributed by atoms with E-state index in [0.717, 1.165) is 16.8 Å². The summed E-state index contributed by atoms with van der Waals surface area (Å²) in [5, 5.41) is 12.6. The molecule has 0 spiro atoms. The number of rotatable bonds is 2. The molecule has 0 saturated carbocycles. The Balaban J connectivity index is 2.01. The molecule has 0 aliphatic carbocycles. The summed E-state index contributed by atoms with van der Waals surface area (Å²) in [6.07, 6.45) is 0. The highest BCUT2D eigenvalue weighted by molar-refractivity contribution is 7.20. The SMILES string of the molecule is Cc1ccc(NC(=O)c2sc3[nH+]c(N)c(C#N)cc3c2N)c(C)c1. The summed E-state index contributed by atoms with van der Waals surface area (Å²) in [6, 6.07) is 9.39. The molecule has 6 nitrogen and oxygen atoms in total. The molecule has 0 saturated heterocycles. The first kappa shape index (κ1) is 15.8. The Hall–Kier alpha value is -3.11. The number of hydrogen-bond acceptors (Lipinski definition) is 5. The van der Waals surface area contributed by atoms with E-state index in [1.165, 1.54) is 11.3 Å². The Morgan fingerprint density at radius 1 is 1.29 bits per heavy atom. The van der Waals surface area contributed by atoms with Crippen molar-refractivity contribution in [2.24, 2.45) is 0 Å². The van der Waals surface area contributed by atoms with Crippen LogP contribution in [0.25, 0.3) is 10.2 Å². The molecule has 3 rings (SSSR count). The molecule has 6 N–H and O–H groups in total. The number of anilines is 3. The molecule has 0 radical (unpaired) electrons. The van der Waals surface area contributed by atoms with Crippen molar-refractivity contribution in [2.75, 3.05) is 16.8 Å². The minimum Gasteiger partial charge on any atom is -0.397 e. The molecular weight excluding hydrogens is 322 g/mol. The molecule has 1 aromatic carbocycles. The van der Waals surface area contributed by atoms with Crippen LogP contribution in [-0.2, 0) is 0 Å². The average molecular weight is 338 g/mol. The number of H-pyrrole nitrogens is 1.